The molecular weight excluding hydrogens is 267 g/mol. The normalized spacial score (nSPS) is 33.9. The van der Waals surface area contributed by atoms with E-state index in [9.17, 15) is 4.79 Å². The Labute approximate surface area is 125 Å². The van der Waals surface area contributed by atoms with Gasteiger partial charge in [-0.25, -0.2) is 0 Å². The van der Waals surface area contributed by atoms with E-state index in [0.717, 1.165) is 12.3 Å². The quantitative estimate of drug-likeness (QED) is 0.578. The first-order valence-corrected chi connectivity index (χ1v) is 11.7. The van der Waals surface area contributed by atoms with Crippen LogP contribution in [0.3, 0.4) is 0 Å². The summed E-state index contributed by atoms with van der Waals surface area (Å²) in [6.45, 7) is 15.6. The molecule has 2 fully saturated rings. The van der Waals surface area contributed by atoms with Crippen LogP contribution in [0.2, 0.25) is 0 Å². The Morgan fingerprint density at radius 2 is 1.65 bits per heavy atom. The molecule has 0 amide bonds. The molecule has 3 heteroatoms. The van der Waals surface area contributed by atoms with Crippen LogP contribution in [0.4, 0.5) is 0 Å². The Hall–Kier alpha value is -0.100. The fourth-order valence-corrected chi connectivity index (χ4v) is 7.24. The summed E-state index contributed by atoms with van der Waals surface area (Å²) in [5.74, 6) is 1.54. The average molecular weight is 300 g/mol. The minimum atomic E-state index is -1.68. The predicted molar refractivity (Wildman–Crippen MR) is 89.3 cm³/mol. The topological polar surface area (TPSA) is 26.3 Å². The zero-order valence-corrected chi connectivity index (χ0v) is 15.4. The second-order valence-electron chi connectivity index (χ2n) is 9.24. The van der Waals surface area contributed by atoms with E-state index in [0.29, 0.717) is 5.92 Å². The van der Waals surface area contributed by atoms with E-state index in [1.807, 2.05) is 0 Å². The summed E-state index contributed by atoms with van der Waals surface area (Å²) in [5, 5.41) is -0.332. The van der Waals surface area contributed by atoms with Gasteiger partial charge in [0.05, 0.1) is 0 Å². The van der Waals surface area contributed by atoms with Gasteiger partial charge in [0.1, 0.15) is 0 Å². The van der Waals surface area contributed by atoms with Crippen molar-refractivity contribution < 1.29 is 9.53 Å². The summed E-state index contributed by atoms with van der Waals surface area (Å²) in [4.78, 5) is 13.0. The van der Waals surface area contributed by atoms with Crippen LogP contribution < -0.4 is 0 Å². The summed E-state index contributed by atoms with van der Waals surface area (Å²) in [5.41, 5.74) is -0.0494. The van der Waals surface area contributed by atoms with Crippen LogP contribution in [0.25, 0.3) is 0 Å². The van der Waals surface area contributed by atoms with E-state index in [1.54, 1.807) is 0 Å². The first kappa shape index (κ1) is 16.3. The van der Waals surface area contributed by atoms with Crippen LogP contribution >= 0.6 is 7.26 Å². The fourth-order valence-electron chi connectivity index (χ4n) is 4.32. The van der Waals surface area contributed by atoms with Crippen molar-refractivity contribution in [3.05, 3.63) is 0 Å². The van der Waals surface area contributed by atoms with Gasteiger partial charge in [-0.15, -0.1) is 0 Å². The molecule has 0 aromatic heterocycles. The number of esters is 1. The molecule has 2 nitrogen and oxygen atoms in total. The van der Waals surface area contributed by atoms with Gasteiger partial charge in [-0.3, -0.25) is 0 Å². The molecule has 2 aliphatic carbocycles. The van der Waals surface area contributed by atoms with E-state index in [-0.39, 0.29) is 22.6 Å². The van der Waals surface area contributed by atoms with E-state index >= 15 is 0 Å². The summed E-state index contributed by atoms with van der Waals surface area (Å²) in [6.07, 6.45) is 5.23. The second kappa shape index (κ2) is 4.97. The summed E-state index contributed by atoms with van der Waals surface area (Å²) >= 11 is 0. The van der Waals surface area contributed by atoms with Crippen molar-refractivity contribution in [1.29, 1.82) is 0 Å². The molecule has 4 atom stereocenters. The van der Waals surface area contributed by atoms with Gasteiger partial charge in [-0.05, 0) is 0 Å². The molecule has 2 bridgehead atoms. The van der Waals surface area contributed by atoms with Gasteiger partial charge in [0, 0.05) is 0 Å². The molecule has 0 radical (unpaired) electrons. The molecule has 2 aliphatic rings. The summed E-state index contributed by atoms with van der Waals surface area (Å²) in [7, 11) is -1.68. The standard InChI is InChI=1S/C17H33O2P/c1-16(2,3)17(4,20(5,6)7)15(18)19-14-11-12-8-9-13(14)10-12/h12-14,20H,8-11H2,1-7H3. The Morgan fingerprint density at radius 1 is 1.05 bits per heavy atom. The zero-order valence-electron chi connectivity index (χ0n) is 14.4. The van der Waals surface area contributed by atoms with E-state index < -0.39 is 7.26 Å². The Bertz CT molecular complexity index is 375. The van der Waals surface area contributed by atoms with E-state index in [2.05, 4.69) is 47.7 Å². The molecule has 0 N–H and O–H groups in total. The number of fused-ring (bicyclic) bond motifs is 2. The molecule has 0 saturated heterocycles. The van der Waals surface area contributed by atoms with E-state index in [1.165, 1.54) is 19.3 Å². The van der Waals surface area contributed by atoms with Crippen LogP contribution in [0, 0.1) is 17.3 Å². The molecule has 0 heterocycles. The van der Waals surface area contributed by atoms with Gasteiger partial charge in [-0.1, -0.05) is 0 Å². The first-order valence-electron chi connectivity index (χ1n) is 8.18. The Morgan fingerprint density at radius 3 is 2.00 bits per heavy atom. The maximum atomic E-state index is 13.0. The molecule has 0 aromatic carbocycles. The summed E-state index contributed by atoms with van der Waals surface area (Å²) in [6, 6.07) is 0. The average Bonchev–Trinajstić information content (AvgIpc) is 2.86. The van der Waals surface area contributed by atoms with Crippen LogP contribution in [0.1, 0.15) is 53.4 Å². The summed E-state index contributed by atoms with van der Waals surface area (Å²) < 4.78 is 6.06. The van der Waals surface area contributed by atoms with Crippen molar-refractivity contribution in [2.45, 2.75) is 64.6 Å². The molecule has 0 aliphatic heterocycles. The number of carbonyl (C=O) groups excluding carboxylic acids is 1. The van der Waals surface area contributed by atoms with Gasteiger partial charge in [0.25, 0.3) is 0 Å². The number of rotatable bonds is 3. The number of ether oxygens (including phenoxy) is 1. The van der Waals surface area contributed by atoms with Crippen LogP contribution in [-0.4, -0.2) is 37.2 Å². The third-order valence-electron chi connectivity index (χ3n) is 6.34. The molecule has 4 unspecified atom stereocenters. The second-order valence-corrected chi connectivity index (χ2v) is 14.7. The van der Waals surface area contributed by atoms with Crippen LogP contribution in [-0.2, 0) is 9.53 Å². The monoisotopic (exact) mass is 300 g/mol. The van der Waals surface area contributed by atoms with Gasteiger partial charge in [0.2, 0.25) is 0 Å². The van der Waals surface area contributed by atoms with Crippen molar-refractivity contribution in [3.8, 4) is 0 Å². The number of hydrogen-bond donors (Lipinski definition) is 0. The third-order valence-corrected chi connectivity index (χ3v) is 10.3. The van der Waals surface area contributed by atoms with Crippen molar-refractivity contribution >= 4 is 13.2 Å². The van der Waals surface area contributed by atoms with Crippen LogP contribution in [0.5, 0.6) is 0 Å². The first-order chi connectivity index (χ1) is 8.97. The van der Waals surface area contributed by atoms with Gasteiger partial charge >= 0.3 is 125 Å². The third kappa shape index (κ3) is 2.54. The maximum absolute atomic E-state index is 13.0. The molecular formula is C17H33O2P. The number of carbonyl (C=O) groups is 1. The van der Waals surface area contributed by atoms with Crippen molar-refractivity contribution in [1.82, 2.24) is 0 Å². The van der Waals surface area contributed by atoms with Crippen LogP contribution in [0.15, 0.2) is 0 Å². The van der Waals surface area contributed by atoms with Gasteiger partial charge in [0.15, 0.2) is 0 Å². The molecule has 20 heavy (non-hydrogen) atoms. The van der Waals surface area contributed by atoms with Crippen molar-refractivity contribution in [2.75, 3.05) is 20.0 Å². The molecule has 2 rings (SSSR count). The van der Waals surface area contributed by atoms with E-state index in [4.69, 9.17) is 4.74 Å². The Kier molecular flexibility index (Phi) is 4.05. The molecule has 2 saturated carbocycles. The predicted octanol–water partition coefficient (Wildman–Crippen LogP) is 4.16. The van der Waals surface area contributed by atoms with Gasteiger partial charge in [-0.2, -0.15) is 0 Å². The zero-order chi connectivity index (χ0) is 15.3. The number of hydrogen-bond acceptors (Lipinski definition) is 2. The minimum absolute atomic E-state index is 0.0494. The SMILES string of the molecule is CC(C)(C)C(C)(C(=O)OC1CC2CCC1C2)[PH](C)(C)C. The van der Waals surface area contributed by atoms with Gasteiger partial charge < -0.3 is 0 Å². The van der Waals surface area contributed by atoms with Crippen molar-refractivity contribution in [3.63, 3.8) is 0 Å². The molecule has 118 valence electrons. The Balaban J connectivity index is 2.16. The molecule has 0 spiro atoms. The van der Waals surface area contributed by atoms with Crippen molar-refractivity contribution in [2.24, 2.45) is 17.3 Å². The molecule has 0 aromatic rings. The fraction of sp³-hybridized carbons (Fsp3) is 0.941.